The fourth-order valence-electron chi connectivity index (χ4n) is 6.06. The highest BCUT2D eigenvalue weighted by molar-refractivity contribution is 5.94. The molecule has 2 aromatic carbocycles. The van der Waals surface area contributed by atoms with Gasteiger partial charge in [0.15, 0.2) is 5.76 Å². The number of rotatable bonds is 13. The second-order valence-electron chi connectivity index (χ2n) is 11.6. The number of carbonyl (C=O) groups excluding carboxylic acids is 1. The number of tetrazole rings is 1. The molecule has 4 aromatic rings. The third-order valence-electron chi connectivity index (χ3n) is 8.62. The highest BCUT2D eigenvalue weighted by atomic mass is 16.5. The number of piperidine rings is 2. The number of fused-ring (bicyclic) bond motifs is 1. The van der Waals surface area contributed by atoms with Gasteiger partial charge in [-0.2, -0.15) is 5.21 Å². The first-order valence-electron chi connectivity index (χ1n) is 15.3. The maximum absolute atomic E-state index is 10.8. The van der Waals surface area contributed by atoms with Crippen molar-refractivity contribution in [2.45, 2.75) is 44.6 Å². The van der Waals surface area contributed by atoms with Crippen LogP contribution in [0.5, 0.6) is 5.75 Å². The van der Waals surface area contributed by atoms with Gasteiger partial charge in [-0.05, 0) is 93.2 Å². The van der Waals surface area contributed by atoms with Crippen LogP contribution in [-0.4, -0.2) is 100 Å². The number of nitrogens with one attached hydrogen (secondary N) is 1. The minimum atomic E-state index is -0.307. The number of benzene rings is 2. The molecule has 2 aliphatic rings. The van der Waals surface area contributed by atoms with Crippen LogP contribution in [0, 0.1) is 5.92 Å². The lowest BCUT2D eigenvalue weighted by atomic mass is 9.93. The first kappa shape index (κ1) is 29.2. The molecule has 228 valence electrons. The topological polar surface area (TPSA) is 149 Å². The Morgan fingerprint density at radius 3 is 2.58 bits per heavy atom. The van der Waals surface area contributed by atoms with E-state index in [0.29, 0.717) is 31.2 Å². The summed E-state index contributed by atoms with van der Waals surface area (Å²) in [5, 5.41) is 19.5. The number of primary amides is 1. The molecule has 3 N–H and O–H groups in total. The number of H-pyrrole nitrogens is 1. The number of hydrogen-bond acceptors (Lipinski definition) is 10. The van der Waals surface area contributed by atoms with Crippen LogP contribution in [0.1, 0.15) is 38.5 Å². The van der Waals surface area contributed by atoms with Crippen molar-refractivity contribution in [2.75, 3.05) is 52.5 Å². The largest absolute Gasteiger partial charge is 0.490 e. The van der Waals surface area contributed by atoms with Gasteiger partial charge in [0.1, 0.15) is 17.4 Å². The Bertz CT molecular complexity index is 1460. The SMILES string of the molecule is NC(=O)CCOCCN1CCC(CCN2CCC(Oc3cccc(-c4onc5ccc(-c6nn[nH]n6)cc45)c3)CC2)CC1. The van der Waals surface area contributed by atoms with Gasteiger partial charge in [-0.3, -0.25) is 4.79 Å². The quantitative estimate of drug-likeness (QED) is 0.222. The van der Waals surface area contributed by atoms with Crippen LogP contribution in [0.2, 0.25) is 0 Å². The molecule has 12 nitrogen and oxygen atoms in total. The lowest BCUT2D eigenvalue weighted by molar-refractivity contribution is -0.119. The average molecular weight is 589 g/mol. The Hall–Kier alpha value is -3.87. The van der Waals surface area contributed by atoms with Gasteiger partial charge in [0.25, 0.3) is 0 Å². The number of nitrogens with two attached hydrogens (primary N) is 1. The molecule has 0 atom stereocenters. The molecular formula is C31H40N8O4. The summed E-state index contributed by atoms with van der Waals surface area (Å²) in [5.74, 6) is 2.55. The first-order chi connectivity index (χ1) is 21.1. The summed E-state index contributed by atoms with van der Waals surface area (Å²) in [6, 6.07) is 13.8. The number of aromatic nitrogens is 5. The van der Waals surface area contributed by atoms with Gasteiger partial charge in [0.2, 0.25) is 11.7 Å². The van der Waals surface area contributed by atoms with Crippen LogP contribution in [0.15, 0.2) is 47.0 Å². The van der Waals surface area contributed by atoms with Crippen molar-refractivity contribution in [3.8, 4) is 28.5 Å². The van der Waals surface area contributed by atoms with Gasteiger partial charge in [0, 0.05) is 37.2 Å². The summed E-state index contributed by atoms with van der Waals surface area (Å²) >= 11 is 0. The Morgan fingerprint density at radius 2 is 1.79 bits per heavy atom. The second-order valence-corrected chi connectivity index (χ2v) is 11.6. The van der Waals surface area contributed by atoms with Gasteiger partial charge < -0.3 is 29.5 Å². The number of amides is 1. The minimum Gasteiger partial charge on any atom is -0.490 e. The third kappa shape index (κ3) is 7.75. The van der Waals surface area contributed by atoms with E-state index in [0.717, 1.165) is 85.8 Å². The van der Waals surface area contributed by atoms with Gasteiger partial charge in [0.05, 0.1) is 18.6 Å². The zero-order valence-corrected chi connectivity index (χ0v) is 24.5. The average Bonchev–Trinajstić information content (AvgIpc) is 3.72. The number of ether oxygens (including phenoxy) is 2. The normalized spacial score (nSPS) is 17.5. The van der Waals surface area contributed by atoms with E-state index in [1.165, 1.54) is 19.3 Å². The van der Waals surface area contributed by atoms with Gasteiger partial charge >= 0.3 is 0 Å². The maximum Gasteiger partial charge on any atom is 0.219 e. The number of likely N-dealkylation sites (tertiary alicyclic amines) is 2. The second kappa shape index (κ2) is 14.1. The number of aromatic amines is 1. The van der Waals surface area contributed by atoms with Gasteiger partial charge in [-0.25, -0.2) is 0 Å². The Labute approximate surface area is 250 Å². The van der Waals surface area contributed by atoms with E-state index in [1.807, 2.05) is 42.5 Å². The monoisotopic (exact) mass is 588 g/mol. The smallest absolute Gasteiger partial charge is 0.219 e. The Balaban J connectivity index is 0.935. The van der Waals surface area contributed by atoms with Crippen LogP contribution in [-0.2, 0) is 9.53 Å². The predicted octanol–water partition coefficient (Wildman–Crippen LogP) is 3.51. The number of carbonyl (C=O) groups is 1. The van der Waals surface area contributed by atoms with Gasteiger partial charge in [-0.15, -0.1) is 10.2 Å². The fourth-order valence-corrected chi connectivity index (χ4v) is 6.06. The fraction of sp³-hybridized carbons (Fsp3) is 0.516. The van der Waals surface area contributed by atoms with Crippen LogP contribution < -0.4 is 10.5 Å². The molecule has 2 saturated heterocycles. The van der Waals surface area contributed by atoms with Crippen LogP contribution in [0.3, 0.4) is 0 Å². The molecule has 0 saturated carbocycles. The lowest BCUT2D eigenvalue weighted by Crippen LogP contribution is -2.40. The van der Waals surface area contributed by atoms with Crippen molar-refractivity contribution >= 4 is 16.8 Å². The van der Waals surface area contributed by atoms with E-state index in [9.17, 15) is 4.79 Å². The molecule has 4 heterocycles. The molecule has 0 unspecified atom stereocenters. The highest BCUT2D eigenvalue weighted by Crippen LogP contribution is 2.33. The molecule has 2 fully saturated rings. The zero-order valence-electron chi connectivity index (χ0n) is 24.5. The third-order valence-corrected chi connectivity index (χ3v) is 8.62. The molecule has 2 aliphatic heterocycles. The van der Waals surface area contributed by atoms with E-state index in [1.54, 1.807) is 0 Å². The lowest BCUT2D eigenvalue weighted by Gasteiger charge is -2.35. The molecule has 1 amide bonds. The highest BCUT2D eigenvalue weighted by Gasteiger charge is 2.24. The van der Waals surface area contributed by atoms with Crippen molar-refractivity contribution in [1.29, 1.82) is 0 Å². The van der Waals surface area contributed by atoms with E-state index < -0.39 is 0 Å². The van der Waals surface area contributed by atoms with Crippen molar-refractivity contribution in [3.05, 3.63) is 42.5 Å². The van der Waals surface area contributed by atoms with E-state index >= 15 is 0 Å². The predicted molar refractivity (Wildman–Crippen MR) is 161 cm³/mol. The van der Waals surface area contributed by atoms with Crippen LogP contribution in [0.25, 0.3) is 33.6 Å². The molecule has 2 aromatic heterocycles. The molecule has 12 heteroatoms. The molecule has 6 rings (SSSR count). The Kier molecular flexibility index (Phi) is 9.56. The number of hydrogen-bond donors (Lipinski definition) is 2. The minimum absolute atomic E-state index is 0.205. The summed E-state index contributed by atoms with van der Waals surface area (Å²) in [7, 11) is 0. The van der Waals surface area contributed by atoms with E-state index in [-0.39, 0.29) is 12.0 Å². The molecule has 0 radical (unpaired) electrons. The van der Waals surface area contributed by atoms with Crippen LogP contribution in [0.4, 0.5) is 0 Å². The maximum atomic E-state index is 10.8. The summed E-state index contributed by atoms with van der Waals surface area (Å²) in [4.78, 5) is 15.9. The van der Waals surface area contributed by atoms with E-state index in [4.69, 9.17) is 19.7 Å². The molecule has 0 bridgehead atoms. The summed E-state index contributed by atoms with van der Waals surface area (Å²) in [6.07, 6.45) is 6.31. The summed E-state index contributed by atoms with van der Waals surface area (Å²) < 4.78 is 17.7. The Morgan fingerprint density at radius 1 is 0.977 bits per heavy atom. The summed E-state index contributed by atoms with van der Waals surface area (Å²) in [5.41, 5.74) is 7.69. The summed E-state index contributed by atoms with van der Waals surface area (Å²) in [6.45, 7) is 7.57. The van der Waals surface area contributed by atoms with Crippen molar-refractivity contribution < 1.29 is 18.8 Å². The van der Waals surface area contributed by atoms with Crippen molar-refractivity contribution in [3.63, 3.8) is 0 Å². The molecular weight excluding hydrogens is 548 g/mol. The van der Waals surface area contributed by atoms with Gasteiger partial charge in [-0.1, -0.05) is 17.3 Å². The number of nitrogens with zero attached hydrogens (tertiary/aromatic N) is 6. The first-order valence-corrected chi connectivity index (χ1v) is 15.3. The van der Waals surface area contributed by atoms with E-state index in [2.05, 4.69) is 35.6 Å². The standard InChI is InChI=1S/C31H40N8O4/c32-29(40)11-18-41-19-17-39-13-7-22(8-14-39)6-12-38-15-9-25(10-16-38)42-26-3-1-2-23(20-26)30-27-21-24(31-33-36-37-34-31)4-5-28(27)35-43-30/h1-5,20-22,25H,6-19H2,(H2,32,40)(H,33,34,36,37). The van der Waals surface area contributed by atoms with Crippen LogP contribution >= 0.6 is 0 Å². The molecule has 43 heavy (non-hydrogen) atoms. The zero-order chi connectivity index (χ0) is 29.4. The van der Waals surface area contributed by atoms with Crippen molar-refractivity contribution in [1.82, 2.24) is 35.6 Å². The van der Waals surface area contributed by atoms with Crippen molar-refractivity contribution in [2.24, 2.45) is 11.7 Å². The molecule has 0 aliphatic carbocycles. The molecule has 0 spiro atoms.